The Bertz CT molecular complexity index is 368. The van der Waals surface area contributed by atoms with Crippen LogP contribution in [0.15, 0.2) is 24.3 Å². The Labute approximate surface area is 101 Å². The molecule has 17 heavy (non-hydrogen) atoms. The number of nitrogens with one attached hydrogen (secondary N) is 1. The van der Waals surface area contributed by atoms with Gasteiger partial charge in [0.15, 0.2) is 0 Å². The van der Waals surface area contributed by atoms with Crippen molar-refractivity contribution in [3.63, 3.8) is 0 Å². The second-order valence-corrected chi connectivity index (χ2v) is 4.16. The van der Waals surface area contributed by atoms with Crippen LogP contribution >= 0.6 is 0 Å². The van der Waals surface area contributed by atoms with E-state index in [1.54, 1.807) is 18.2 Å². The van der Waals surface area contributed by atoms with E-state index in [0.717, 1.165) is 0 Å². The van der Waals surface area contributed by atoms with E-state index in [4.69, 9.17) is 5.73 Å². The summed E-state index contributed by atoms with van der Waals surface area (Å²) in [5.41, 5.74) is 5.95. The molecule has 0 aromatic heterocycles. The van der Waals surface area contributed by atoms with Crippen LogP contribution in [0, 0.1) is 5.82 Å². The standard InChI is InChI=1S/C13H19FN2O/c1-10(16-13(17)7-4-8-15)9-11-5-2-3-6-12(11)14/h2-3,5-6,10H,4,7-9,15H2,1H3,(H,16,17). The number of hydrogen-bond donors (Lipinski definition) is 2. The minimum absolute atomic E-state index is 0.0284. The lowest BCUT2D eigenvalue weighted by Crippen LogP contribution is -2.34. The number of halogens is 1. The number of amides is 1. The maximum Gasteiger partial charge on any atom is 0.220 e. The molecular formula is C13H19FN2O. The van der Waals surface area contributed by atoms with Gasteiger partial charge in [0.05, 0.1) is 0 Å². The zero-order chi connectivity index (χ0) is 12.7. The number of nitrogens with two attached hydrogens (primary N) is 1. The van der Waals surface area contributed by atoms with Crippen molar-refractivity contribution in [3.8, 4) is 0 Å². The summed E-state index contributed by atoms with van der Waals surface area (Å²) in [6, 6.07) is 6.54. The summed E-state index contributed by atoms with van der Waals surface area (Å²) in [6.07, 6.45) is 1.61. The lowest BCUT2D eigenvalue weighted by Gasteiger charge is -2.14. The molecule has 0 saturated carbocycles. The fraction of sp³-hybridized carbons (Fsp3) is 0.462. The summed E-state index contributed by atoms with van der Waals surface area (Å²) >= 11 is 0. The Morgan fingerprint density at radius 3 is 2.82 bits per heavy atom. The molecule has 1 rings (SSSR count). The Balaban J connectivity index is 2.42. The molecule has 1 aromatic rings. The van der Waals surface area contributed by atoms with Crippen LogP contribution in [-0.2, 0) is 11.2 Å². The molecule has 3 nitrogen and oxygen atoms in total. The average molecular weight is 238 g/mol. The van der Waals surface area contributed by atoms with Crippen molar-refractivity contribution in [1.29, 1.82) is 0 Å². The highest BCUT2D eigenvalue weighted by molar-refractivity contribution is 5.76. The van der Waals surface area contributed by atoms with Gasteiger partial charge in [-0.15, -0.1) is 0 Å². The fourth-order valence-corrected chi connectivity index (χ4v) is 1.65. The van der Waals surface area contributed by atoms with Crippen molar-refractivity contribution in [3.05, 3.63) is 35.6 Å². The van der Waals surface area contributed by atoms with Crippen LogP contribution in [-0.4, -0.2) is 18.5 Å². The summed E-state index contributed by atoms with van der Waals surface area (Å²) in [5, 5.41) is 2.83. The molecule has 0 heterocycles. The second-order valence-electron chi connectivity index (χ2n) is 4.16. The van der Waals surface area contributed by atoms with Gasteiger partial charge in [-0.05, 0) is 37.9 Å². The summed E-state index contributed by atoms with van der Waals surface area (Å²) < 4.78 is 13.4. The molecule has 94 valence electrons. The van der Waals surface area contributed by atoms with E-state index in [1.807, 2.05) is 6.92 Å². The Morgan fingerprint density at radius 2 is 2.18 bits per heavy atom. The predicted octanol–water partition coefficient (Wildman–Crippen LogP) is 1.61. The maximum atomic E-state index is 13.4. The van der Waals surface area contributed by atoms with Gasteiger partial charge in [-0.2, -0.15) is 0 Å². The molecule has 0 bridgehead atoms. The first-order valence-electron chi connectivity index (χ1n) is 5.86. The van der Waals surface area contributed by atoms with Gasteiger partial charge in [-0.25, -0.2) is 4.39 Å². The fourth-order valence-electron chi connectivity index (χ4n) is 1.65. The number of rotatable bonds is 6. The van der Waals surface area contributed by atoms with Gasteiger partial charge in [0.2, 0.25) is 5.91 Å². The highest BCUT2D eigenvalue weighted by Crippen LogP contribution is 2.09. The van der Waals surface area contributed by atoms with Crippen molar-refractivity contribution < 1.29 is 9.18 Å². The zero-order valence-corrected chi connectivity index (χ0v) is 10.1. The van der Waals surface area contributed by atoms with Gasteiger partial charge in [0, 0.05) is 12.5 Å². The van der Waals surface area contributed by atoms with Crippen LogP contribution in [0.2, 0.25) is 0 Å². The summed E-state index contributed by atoms with van der Waals surface area (Å²) in [6.45, 7) is 2.38. The first-order chi connectivity index (χ1) is 8.13. The van der Waals surface area contributed by atoms with Crippen LogP contribution in [0.4, 0.5) is 4.39 Å². The van der Waals surface area contributed by atoms with Gasteiger partial charge in [0.1, 0.15) is 5.82 Å². The Morgan fingerprint density at radius 1 is 1.47 bits per heavy atom. The van der Waals surface area contributed by atoms with Crippen LogP contribution < -0.4 is 11.1 Å². The molecule has 1 unspecified atom stereocenters. The van der Waals surface area contributed by atoms with Crippen LogP contribution in [0.1, 0.15) is 25.3 Å². The normalized spacial score (nSPS) is 12.2. The highest BCUT2D eigenvalue weighted by atomic mass is 19.1. The molecule has 1 atom stereocenters. The molecule has 0 fully saturated rings. The Hall–Kier alpha value is -1.42. The molecule has 3 N–H and O–H groups in total. The van der Waals surface area contributed by atoms with Crippen molar-refractivity contribution in [2.75, 3.05) is 6.54 Å². The lowest BCUT2D eigenvalue weighted by atomic mass is 10.1. The van der Waals surface area contributed by atoms with E-state index in [0.29, 0.717) is 31.4 Å². The van der Waals surface area contributed by atoms with Gasteiger partial charge >= 0.3 is 0 Å². The lowest BCUT2D eigenvalue weighted by molar-refractivity contribution is -0.121. The predicted molar refractivity (Wildman–Crippen MR) is 66.0 cm³/mol. The average Bonchev–Trinajstić information content (AvgIpc) is 2.29. The number of hydrogen-bond acceptors (Lipinski definition) is 2. The van der Waals surface area contributed by atoms with Crippen molar-refractivity contribution in [1.82, 2.24) is 5.32 Å². The third kappa shape index (κ3) is 4.95. The van der Waals surface area contributed by atoms with E-state index < -0.39 is 0 Å². The van der Waals surface area contributed by atoms with E-state index in [1.165, 1.54) is 6.07 Å². The maximum absolute atomic E-state index is 13.4. The zero-order valence-electron chi connectivity index (χ0n) is 10.1. The van der Waals surface area contributed by atoms with Crippen molar-refractivity contribution in [2.24, 2.45) is 5.73 Å². The van der Waals surface area contributed by atoms with Crippen molar-refractivity contribution >= 4 is 5.91 Å². The van der Waals surface area contributed by atoms with Gasteiger partial charge in [-0.1, -0.05) is 18.2 Å². The first-order valence-corrected chi connectivity index (χ1v) is 5.86. The number of carbonyl (C=O) groups is 1. The molecule has 0 radical (unpaired) electrons. The first kappa shape index (κ1) is 13.6. The number of benzene rings is 1. The molecular weight excluding hydrogens is 219 g/mol. The van der Waals surface area contributed by atoms with Gasteiger partial charge < -0.3 is 11.1 Å². The minimum Gasteiger partial charge on any atom is -0.353 e. The van der Waals surface area contributed by atoms with Crippen LogP contribution in [0.3, 0.4) is 0 Å². The quantitative estimate of drug-likeness (QED) is 0.791. The van der Waals surface area contributed by atoms with E-state index in [-0.39, 0.29) is 17.8 Å². The molecule has 1 amide bonds. The molecule has 0 aliphatic carbocycles. The third-order valence-corrected chi connectivity index (χ3v) is 2.50. The second kappa shape index (κ2) is 7.01. The van der Waals surface area contributed by atoms with Crippen LogP contribution in [0.5, 0.6) is 0 Å². The minimum atomic E-state index is -0.226. The molecule has 1 aromatic carbocycles. The molecule has 0 aliphatic heterocycles. The summed E-state index contributed by atoms with van der Waals surface area (Å²) in [4.78, 5) is 11.4. The van der Waals surface area contributed by atoms with E-state index in [9.17, 15) is 9.18 Å². The Kier molecular flexibility index (Phi) is 5.63. The van der Waals surface area contributed by atoms with Gasteiger partial charge in [0.25, 0.3) is 0 Å². The molecule has 0 spiro atoms. The monoisotopic (exact) mass is 238 g/mol. The molecule has 0 saturated heterocycles. The van der Waals surface area contributed by atoms with Crippen molar-refractivity contribution in [2.45, 2.75) is 32.2 Å². The van der Waals surface area contributed by atoms with E-state index in [2.05, 4.69) is 5.32 Å². The smallest absolute Gasteiger partial charge is 0.220 e. The summed E-state index contributed by atoms with van der Waals surface area (Å²) in [7, 11) is 0. The SMILES string of the molecule is CC(Cc1ccccc1F)NC(=O)CCCN. The topological polar surface area (TPSA) is 55.1 Å². The third-order valence-electron chi connectivity index (χ3n) is 2.50. The van der Waals surface area contributed by atoms with E-state index >= 15 is 0 Å². The summed E-state index contributed by atoms with van der Waals surface area (Å²) in [5.74, 6) is -0.255. The number of carbonyl (C=O) groups excluding carboxylic acids is 1. The largest absolute Gasteiger partial charge is 0.353 e. The highest BCUT2D eigenvalue weighted by Gasteiger charge is 2.09. The van der Waals surface area contributed by atoms with Crippen LogP contribution in [0.25, 0.3) is 0 Å². The molecule has 0 aliphatic rings. The van der Waals surface area contributed by atoms with Gasteiger partial charge in [-0.3, -0.25) is 4.79 Å². The molecule has 4 heteroatoms.